The van der Waals surface area contributed by atoms with Gasteiger partial charge in [0.15, 0.2) is 17.3 Å². The molecular weight excluding hydrogens is 360 g/mol. The number of carbonyl (C=O) groups is 1. The number of benzene rings is 2. The Balaban J connectivity index is 1.89. The average molecular weight is 382 g/mol. The fraction of sp³-hybridized carbons (Fsp3) is 0.227. The van der Waals surface area contributed by atoms with Crippen molar-refractivity contribution in [3.63, 3.8) is 0 Å². The summed E-state index contributed by atoms with van der Waals surface area (Å²) in [5.74, 6) is 2.69. The van der Waals surface area contributed by atoms with Crippen LogP contribution in [-0.4, -0.2) is 36.6 Å². The molecule has 140 valence electrons. The number of hydrogen-bond donors (Lipinski definition) is 1. The minimum atomic E-state index is 0.0559. The maximum atomic E-state index is 12.9. The molecule has 1 fully saturated rings. The molecule has 5 heteroatoms. The lowest BCUT2D eigenvalue weighted by atomic mass is 10.00. The van der Waals surface area contributed by atoms with E-state index >= 15 is 0 Å². The number of ether oxygens (including phenoxy) is 2. The Morgan fingerprint density at radius 1 is 0.926 bits per heavy atom. The van der Waals surface area contributed by atoms with E-state index in [0.717, 1.165) is 33.6 Å². The van der Waals surface area contributed by atoms with Crippen molar-refractivity contribution >= 4 is 29.7 Å². The number of thioether (sulfide) groups is 1. The third-order valence-corrected chi connectivity index (χ3v) is 5.45. The summed E-state index contributed by atoms with van der Waals surface area (Å²) in [5, 5.41) is 9.73. The van der Waals surface area contributed by atoms with Gasteiger partial charge >= 0.3 is 0 Å². The highest BCUT2D eigenvalue weighted by Crippen LogP contribution is 2.31. The van der Waals surface area contributed by atoms with Gasteiger partial charge in [-0.05, 0) is 54.0 Å². The van der Waals surface area contributed by atoms with E-state index in [2.05, 4.69) is 0 Å². The van der Waals surface area contributed by atoms with Crippen LogP contribution >= 0.6 is 11.8 Å². The topological polar surface area (TPSA) is 55.8 Å². The molecule has 0 amide bonds. The van der Waals surface area contributed by atoms with Gasteiger partial charge in [-0.15, -0.1) is 0 Å². The third kappa shape index (κ3) is 4.37. The first-order valence-corrected chi connectivity index (χ1v) is 9.72. The normalized spacial score (nSPS) is 17.4. The van der Waals surface area contributed by atoms with Crippen molar-refractivity contribution in [2.45, 2.75) is 6.92 Å². The number of methoxy groups -OCH3 is 2. The Bertz CT molecular complexity index is 854. The summed E-state index contributed by atoms with van der Waals surface area (Å²) in [6.07, 6.45) is 3.79. The fourth-order valence-corrected chi connectivity index (χ4v) is 3.91. The Labute approximate surface area is 163 Å². The number of hydrogen-bond acceptors (Lipinski definition) is 5. The Hall–Kier alpha value is -2.66. The number of rotatable bonds is 4. The van der Waals surface area contributed by atoms with Gasteiger partial charge in [0.1, 0.15) is 5.75 Å². The molecule has 1 saturated heterocycles. The van der Waals surface area contributed by atoms with Crippen LogP contribution in [0, 0.1) is 6.92 Å². The van der Waals surface area contributed by atoms with Gasteiger partial charge in [-0.2, -0.15) is 11.8 Å². The zero-order chi connectivity index (χ0) is 19.4. The molecule has 0 bridgehead atoms. The highest BCUT2D eigenvalue weighted by atomic mass is 32.2. The number of aromatic hydroxyl groups is 1. The zero-order valence-electron chi connectivity index (χ0n) is 15.6. The third-order valence-electron chi connectivity index (χ3n) is 4.42. The van der Waals surface area contributed by atoms with E-state index in [-0.39, 0.29) is 11.5 Å². The van der Waals surface area contributed by atoms with Gasteiger partial charge in [-0.25, -0.2) is 0 Å². The number of phenolic OH excluding ortho intramolecular Hbond substituents is 1. The maximum Gasteiger partial charge on any atom is 0.186 e. The van der Waals surface area contributed by atoms with Crippen molar-refractivity contribution in [2.75, 3.05) is 25.7 Å². The molecule has 0 aromatic heterocycles. The number of phenols is 1. The van der Waals surface area contributed by atoms with Crippen molar-refractivity contribution in [3.8, 4) is 17.2 Å². The van der Waals surface area contributed by atoms with Crippen molar-refractivity contribution in [2.24, 2.45) is 0 Å². The SMILES string of the molecule is COc1cc(/C=C2\CSC/C(=C\c3ccc(O)c(OC)c3)C2=O)ccc1C. The number of ketones is 1. The maximum absolute atomic E-state index is 12.9. The summed E-state index contributed by atoms with van der Waals surface area (Å²) in [5.41, 5.74) is 4.35. The number of aryl methyl sites for hydroxylation is 1. The minimum Gasteiger partial charge on any atom is -0.504 e. The van der Waals surface area contributed by atoms with E-state index in [9.17, 15) is 9.90 Å². The molecule has 0 radical (unpaired) electrons. The Kier molecular flexibility index (Phi) is 5.91. The lowest BCUT2D eigenvalue weighted by molar-refractivity contribution is -0.112. The molecule has 3 rings (SSSR count). The van der Waals surface area contributed by atoms with Crippen LogP contribution in [0.4, 0.5) is 0 Å². The van der Waals surface area contributed by atoms with Crippen LogP contribution in [0.25, 0.3) is 12.2 Å². The molecule has 1 aliphatic rings. The van der Waals surface area contributed by atoms with E-state index in [1.165, 1.54) is 7.11 Å². The molecule has 0 aliphatic carbocycles. The largest absolute Gasteiger partial charge is 0.504 e. The van der Waals surface area contributed by atoms with Crippen LogP contribution in [0.1, 0.15) is 16.7 Å². The van der Waals surface area contributed by atoms with Gasteiger partial charge in [0.05, 0.1) is 14.2 Å². The van der Waals surface area contributed by atoms with Crippen molar-refractivity contribution in [1.29, 1.82) is 0 Å². The van der Waals surface area contributed by atoms with Crippen LogP contribution < -0.4 is 9.47 Å². The molecule has 2 aromatic carbocycles. The van der Waals surface area contributed by atoms with E-state index in [4.69, 9.17) is 9.47 Å². The summed E-state index contributed by atoms with van der Waals surface area (Å²) in [4.78, 5) is 12.9. The fourth-order valence-electron chi connectivity index (χ4n) is 2.94. The molecule has 0 saturated carbocycles. The molecule has 4 nitrogen and oxygen atoms in total. The van der Waals surface area contributed by atoms with E-state index < -0.39 is 0 Å². The Morgan fingerprint density at radius 2 is 1.48 bits per heavy atom. The molecular formula is C22H22O4S. The van der Waals surface area contributed by atoms with Gasteiger partial charge in [0, 0.05) is 22.7 Å². The number of carbonyl (C=O) groups excluding carboxylic acids is 1. The van der Waals surface area contributed by atoms with Crippen molar-refractivity contribution in [3.05, 3.63) is 64.2 Å². The first-order chi connectivity index (χ1) is 13.0. The summed E-state index contributed by atoms with van der Waals surface area (Å²) < 4.78 is 10.5. The molecule has 1 N–H and O–H groups in total. The van der Waals surface area contributed by atoms with Crippen molar-refractivity contribution < 1.29 is 19.4 Å². The predicted molar refractivity (Wildman–Crippen MR) is 111 cm³/mol. The van der Waals surface area contributed by atoms with Crippen LogP contribution in [0.3, 0.4) is 0 Å². The van der Waals surface area contributed by atoms with Crippen LogP contribution in [0.15, 0.2) is 47.5 Å². The van der Waals surface area contributed by atoms with E-state index in [0.29, 0.717) is 17.3 Å². The molecule has 2 aromatic rings. The average Bonchev–Trinajstić information content (AvgIpc) is 2.67. The predicted octanol–water partition coefficient (Wildman–Crippen LogP) is 4.50. The number of Topliss-reactive ketones (excluding diaryl/α,β-unsaturated/α-hetero) is 1. The molecule has 1 aliphatic heterocycles. The van der Waals surface area contributed by atoms with Crippen LogP contribution in [0.5, 0.6) is 17.2 Å². The Morgan fingerprint density at radius 3 is 2.07 bits per heavy atom. The summed E-state index contributed by atoms with van der Waals surface area (Å²) in [6.45, 7) is 1.99. The molecule has 27 heavy (non-hydrogen) atoms. The monoisotopic (exact) mass is 382 g/mol. The highest BCUT2D eigenvalue weighted by Gasteiger charge is 2.21. The van der Waals surface area contributed by atoms with E-state index in [1.54, 1.807) is 37.1 Å². The standard InChI is InChI=1S/C22H22O4S/c1-14-4-5-15(10-20(14)25-2)8-17-12-27-13-18(22(17)24)9-16-6-7-19(23)21(11-16)26-3/h4-11,23H,12-13H2,1-3H3/b17-8+,18-9+. The van der Waals surface area contributed by atoms with Gasteiger partial charge in [-0.3, -0.25) is 4.79 Å². The molecule has 0 unspecified atom stereocenters. The first-order valence-electron chi connectivity index (χ1n) is 8.57. The molecule has 0 spiro atoms. The van der Waals surface area contributed by atoms with Gasteiger partial charge in [0.25, 0.3) is 0 Å². The lowest BCUT2D eigenvalue weighted by Gasteiger charge is -2.17. The second kappa shape index (κ2) is 8.35. The smallest absolute Gasteiger partial charge is 0.186 e. The highest BCUT2D eigenvalue weighted by molar-refractivity contribution is 7.99. The first kappa shape index (κ1) is 19.1. The van der Waals surface area contributed by atoms with E-state index in [1.807, 2.05) is 37.3 Å². The minimum absolute atomic E-state index is 0.0559. The summed E-state index contributed by atoms with van der Waals surface area (Å²) in [6, 6.07) is 11.0. The van der Waals surface area contributed by atoms with Crippen LogP contribution in [-0.2, 0) is 4.79 Å². The van der Waals surface area contributed by atoms with Gasteiger partial charge < -0.3 is 14.6 Å². The molecule has 1 heterocycles. The van der Waals surface area contributed by atoms with Crippen LogP contribution in [0.2, 0.25) is 0 Å². The quantitative estimate of drug-likeness (QED) is 0.789. The van der Waals surface area contributed by atoms with Gasteiger partial charge in [-0.1, -0.05) is 18.2 Å². The lowest BCUT2D eigenvalue weighted by Crippen LogP contribution is -2.16. The van der Waals surface area contributed by atoms with Crippen molar-refractivity contribution in [1.82, 2.24) is 0 Å². The zero-order valence-corrected chi connectivity index (χ0v) is 16.4. The second-order valence-corrected chi connectivity index (χ2v) is 7.31. The summed E-state index contributed by atoms with van der Waals surface area (Å²) >= 11 is 1.71. The van der Waals surface area contributed by atoms with Gasteiger partial charge in [0.2, 0.25) is 0 Å². The second-order valence-electron chi connectivity index (χ2n) is 6.32. The summed E-state index contributed by atoms with van der Waals surface area (Å²) in [7, 11) is 3.15. The molecule has 0 atom stereocenters.